The highest BCUT2D eigenvalue weighted by atomic mass is 32.2. The van der Waals surface area contributed by atoms with E-state index in [1.165, 1.54) is 11.1 Å². The van der Waals surface area contributed by atoms with Gasteiger partial charge in [0.25, 0.3) is 0 Å². The number of thiophene rings is 1. The highest BCUT2D eigenvalue weighted by Crippen LogP contribution is 2.40. The van der Waals surface area contributed by atoms with Crippen molar-refractivity contribution in [3.05, 3.63) is 53.1 Å². The molecule has 0 spiro atoms. The third kappa shape index (κ3) is 2.54. The van der Waals surface area contributed by atoms with Gasteiger partial charge in [-0.2, -0.15) is 0 Å². The molecule has 108 valence electrons. The second kappa shape index (κ2) is 5.79. The molecule has 0 amide bonds. The predicted octanol–water partition coefficient (Wildman–Crippen LogP) is 5.27. The minimum absolute atomic E-state index is 0.972. The van der Waals surface area contributed by atoms with Crippen LogP contribution < -0.4 is 0 Å². The van der Waals surface area contributed by atoms with Gasteiger partial charge in [-0.05, 0) is 24.2 Å². The van der Waals surface area contributed by atoms with E-state index in [0.29, 0.717) is 0 Å². The highest BCUT2D eigenvalue weighted by molar-refractivity contribution is 8.01. The van der Waals surface area contributed by atoms with E-state index in [0.717, 1.165) is 25.3 Å². The number of aromatic nitrogens is 3. The number of hydrogen-bond acceptors (Lipinski definition) is 6. The van der Waals surface area contributed by atoms with Crippen LogP contribution in [0.5, 0.6) is 0 Å². The molecule has 0 aliphatic heterocycles. The molecule has 3 aromatic heterocycles. The van der Waals surface area contributed by atoms with Crippen molar-refractivity contribution < 1.29 is 0 Å². The van der Waals surface area contributed by atoms with E-state index in [2.05, 4.69) is 50.0 Å². The zero-order valence-corrected chi connectivity index (χ0v) is 14.1. The number of aryl methyl sites for hydroxylation is 1. The average Bonchev–Trinajstić information content (AvgIpc) is 3.15. The number of nitrogens with zero attached hydrogens (tertiary/aromatic N) is 3. The normalized spacial score (nSPS) is 11.1. The second-order valence-electron chi connectivity index (χ2n) is 4.73. The van der Waals surface area contributed by atoms with Gasteiger partial charge in [0, 0.05) is 22.0 Å². The quantitative estimate of drug-likeness (QED) is 0.476. The highest BCUT2D eigenvalue weighted by Gasteiger charge is 2.15. The summed E-state index contributed by atoms with van der Waals surface area (Å²) in [5.74, 6) is 0. The molecule has 4 aromatic rings. The summed E-state index contributed by atoms with van der Waals surface area (Å²) in [5.41, 5.74) is 3.43. The third-order valence-electron chi connectivity index (χ3n) is 3.20. The largest absolute Gasteiger partial charge is 0.235 e. The van der Waals surface area contributed by atoms with Gasteiger partial charge in [-0.3, -0.25) is 0 Å². The lowest BCUT2D eigenvalue weighted by atomic mass is 10.1. The zero-order valence-electron chi connectivity index (χ0n) is 11.7. The topological polar surface area (TPSA) is 38.7 Å². The summed E-state index contributed by atoms with van der Waals surface area (Å²) in [7, 11) is 0. The summed E-state index contributed by atoms with van der Waals surface area (Å²) in [4.78, 5) is 14.4. The molecule has 4 rings (SSSR count). The summed E-state index contributed by atoms with van der Waals surface area (Å²) in [5, 5.41) is 6.31. The maximum Gasteiger partial charge on any atom is 0.156 e. The van der Waals surface area contributed by atoms with Gasteiger partial charge in [0.1, 0.15) is 16.2 Å². The lowest BCUT2D eigenvalue weighted by molar-refractivity contribution is 1.10. The molecule has 22 heavy (non-hydrogen) atoms. The molecule has 6 heteroatoms. The monoisotopic (exact) mass is 341 g/mol. The van der Waals surface area contributed by atoms with Gasteiger partial charge in [-0.1, -0.05) is 30.3 Å². The summed E-state index contributed by atoms with van der Waals surface area (Å²) in [6.07, 6.45) is 1.64. The fourth-order valence-electron chi connectivity index (χ4n) is 2.22. The number of rotatable bonds is 3. The standard InChI is InChI=1S/C16H11N3S3/c1-10-7-21-16(19-10)22-15-13-12(11-5-3-2-4-6-11)8-20-14(13)17-9-18-15/h2-9H,1H3. The van der Waals surface area contributed by atoms with Crippen LogP contribution in [0.15, 0.2) is 56.8 Å². The first-order valence-corrected chi connectivity index (χ1v) is 9.26. The van der Waals surface area contributed by atoms with Crippen molar-refractivity contribution in [1.29, 1.82) is 0 Å². The summed E-state index contributed by atoms with van der Waals surface area (Å²) in [6, 6.07) is 10.4. The number of hydrogen-bond donors (Lipinski definition) is 0. The van der Waals surface area contributed by atoms with Gasteiger partial charge in [0.05, 0.1) is 5.39 Å². The Bertz CT molecular complexity index is 928. The Balaban J connectivity index is 1.86. The van der Waals surface area contributed by atoms with Crippen molar-refractivity contribution in [2.24, 2.45) is 0 Å². The molecule has 0 radical (unpaired) electrons. The minimum atomic E-state index is 0.972. The number of fused-ring (bicyclic) bond motifs is 1. The Kier molecular flexibility index (Phi) is 3.65. The SMILES string of the molecule is Cc1csc(Sc2ncnc3scc(-c4ccccc4)c23)n1. The van der Waals surface area contributed by atoms with E-state index in [9.17, 15) is 0 Å². The molecule has 3 heterocycles. The maximum absolute atomic E-state index is 4.52. The number of thiazole rings is 1. The molecule has 0 aliphatic carbocycles. The van der Waals surface area contributed by atoms with Crippen LogP contribution in [0.4, 0.5) is 0 Å². The molecule has 0 aliphatic rings. The number of benzene rings is 1. The first-order chi connectivity index (χ1) is 10.8. The fourth-order valence-corrected chi connectivity index (χ4v) is 5.06. The molecule has 3 nitrogen and oxygen atoms in total. The van der Waals surface area contributed by atoms with Gasteiger partial charge < -0.3 is 0 Å². The van der Waals surface area contributed by atoms with Gasteiger partial charge >= 0.3 is 0 Å². The van der Waals surface area contributed by atoms with E-state index in [1.807, 2.05) is 13.0 Å². The lowest BCUT2D eigenvalue weighted by Crippen LogP contribution is -1.85. The maximum atomic E-state index is 4.52. The molecule has 1 aromatic carbocycles. The summed E-state index contributed by atoms with van der Waals surface area (Å²) in [6.45, 7) is 2.01. The Morgan fingerprint density at radius 2 is 1.86 bits per heavy atom. The van der Waals surface area contributed by atoms with Gasteiger partial charge in [-0.25, -0.2) is 15.0 Å². The molecule has 0 saturated heterocycles. The molecular weight excluding hydrogens is 330 g/mol. The molecule has 0 saturated carbocycles. The molecule has 0 bridgehead atoms. The predicted molar refractivity (Wildman–Crippen MR) is 93.8 cm³/mol. The first-order valence-electron chi connectivity index (χ1n) is 6.69. The Hall–Kier alpha value is -1.76. The van der Waals surface area contributed by atoms with E-state index in [-0.39, 0.29) is 0 Å². The zero-order chi connectivity index (χ0) is 14.9. The Morgan fingerprint density at radius 1 is 1.00 bits per heavy atom. The molecule has 0 fully saturated rings. The van der Waals surface area contributed by atoms with Crippen molar-refractivity contribution in [3.63, 3.8) is 0 Å². The average molecular weight is 341 g/mol. The van der Waals surface area contributed by atoms with Crippen LogP contribution in [0.2, 0.25) is 0 Å². The van der Waals surface area contributed by atoms with Crippen LogP contribution in [0, 0.1) is 6.92 Å². The van der Waals surface area contributed by atoms with Gasteiger partial charge in [-0.15, -0.1) is 22.7 Å². The lowest BCUT2D eigenvalue weighted by Gasteiger charge is -2.03. The second-order valence-corrected chi connectivity index (χ2v) is 7.68. The fraction of sp³-hybridized carbons (Fsp3) is 0.0625. The van der Waals surface area contributed by atoms with Crippen LogP contribution in [-0.4, -0.2) is 15.0 Å². The Morgan fingerprint density at radius 3 is 2.64 bits per heavy atom. The van der Waals surface area contributed by atoms with E-state index in [4.69, 9.17) is 0 Å². The third-order valence-corrected chi connectivity index (χ3v) is 6.15. The molecule has 0 N–H and O–H groups in total. The van der Waals surface area contributed by atoms with E-state index < -0.39 is 0 Å². The van der Waals surface area contributed by atoms with Gasteiger partial charge in [0.2, 0.25) is 0 Å². The van der Waals surface area contributed by atoms with E-state index >= 15 is 0 Å². The van der Waals surface area contributed by atoms with Crippen molar-refractivity contribution >= 4 is 44.7 Å². The van der Waals surface area contributed by atoms with E-state index in [1.54, 1.807) is 40.8 Å². The Labute approximate surface area is 140 Å². The summed E-state index contributed by atoms with van der Waals surface area (Å²) >= 11 is 4.92. The van der Waals surface area contributed by atoms with Crippen molar-refractivity contribution in [3.8, 4) is 11.1 Å². The van der Waals surface area contributed by atoms with Crippen molar-refractivity contribution in [2.75, 3.05) is 0 Å². The summed E-state index contributed by atoms with van der Waals surface area (Å²) < 4.78 is 1.02. The molecule has 0 atom stereocenters. The van der Waals surface area contributed by atoms with Crippen LogP contribution in [0.3, 0.4) is 0 Å². The minimum Gasteiger partial charge on any atom is -0.235 e. The van der Waals surface area contributed by atoms with Crippen LogP contribution in [0.1, 0.15) is 5.69 Å². The van der Waals surface area contributed by atoms with Crippen molar-refractivity contribution in [1.82, 2.24) is 15.0 Å². The smallest absolute Gasteiger partial charge is 0.156 e. The van der Waals surface area contributed by atoms with Crippen molar-refractivity contribution in [2.45, 2.75) is 16.3 Å². The molecule has 0 unspecified atom stereocenters. The van der Waals surface area contributed by atoms with Crippen LogP contribution >= 0.6 is 34.4 Å². The van der Waals surface area contributed by atoms with Crippen LogP contribution in [-0.2, 0) is 0 Å². The molecular formula is C16H11N3S3. The van der Waals surface area contributed by atoms with Gasteiger partial charge in [0.15, 0.2) is 4.34 Å². The first kappa shape index (κ1) is 13.9. The van der Waals surface area contributed by atoms with Crippen LogP contribution in [0.25, 0.3) is 21.3 Å².